The highest BCUT2D eigenvalue weighted by molar-refractivity contribution is 6.30. The molecule has 1 aromatic carbocycles. The molecule has 0 radical (unpaired) electrons. The van der Waals surface area contributed by atoms with Crippen molar-refractivity contribution < 1.29 is 4.74 Å². The van der Waals surface area contributed by atoms with Crippen LogP contribution in [0.15, 0.2) is 36.2 Å². The predicted octanol–water partition coefficient (Wildman–Crippen LogP) is 2.91. The standard InChI is InChI=1S/C14H19ClN2O/c1-14(2,8-10-7-13(16)17-9-10)18-12-5-3-11(15)4-6-12/h3-7,10,17H,8-9,16H2,1-2H3. The van der Waals surface area contributed by atoms with Gasteiger partial charge in [-0.3, -0.25) is 0 Å². The fourth-order valence-electron chi connectivity index (χ4n) is 2.25. The summed E-state index contributed by atoms with van der Waals surface area (Å²) >= 11 is 5.85. The van der Waals surface area contributed by atoms with Crippen LogP contribution in [0.2, 0.25) is 5.02 Å². The number of nitrogens with two attached hydrogens (primary N) is 1. The lowest BCUT2D eigenvalue weighted by Gasteiger charge is -2.28. The smallest absolute Gasteiger partial charge is 0.120 e. The molecule has 0 saturated carbocycles. The van der Waals surface area contributed by atoms with Crippen molar-refractivity contribution in [3.05, 3.63) is 41.2 Å². The number of halogens is 1. The lowest BCUT2D eigenvalue weighted by Crippen LogP contribution is -2.32. The summed E-state index contributed by atoms with van der Waals surface area (Å²) in [6, 6.07) is 7.45. The largest absolute Gasteiger partial charge is 0.488 e. The molecular weight excluding hydrogens is 248 g/mol. The summed E-state index contributed by atoms with van der Waals surface area (Å²) in [5.41, 5.74) is 5.47. The van der Waals surface area contributed by atoms with Gasteiger partial charge in [0.15, 0.2) is 0 Å². The average molecular weight is 267 g/mol. The highest BCUT2D eigenvalue weighted by Crippen LogP contribution is 2.27. The first-order chi connectivity index (χ1) is 8.44. The van der Waals surface area contributed by atoms with Crippen molar-refractivity contribution >= 4 is 11.6 Å². The van der Waals surface area contributed by atoms with Gasteiger partial charge in [0.2, 0.25) is 0 Å². The minimum atomic E-state index is -0.235. The summed E-state index contributed by atoms with van der Waals surface area (Å²) < 4.78 is 6.00. The van der Waals surface area contributed by atoms with Gasteiger partial charge in [-0.2, -0.15) is 0 Å². The van der Waals surface area contributed by atoms with Gasteiger partial charge in [0.05, 0.1) is 5.82 Å². The Labute approximate surface area is 113 Å². The Bertz CT molecular complexity index is 440. The second-order valence-corrected chi connectivity index (χ2v) is 5.72. The number of ether oxygens (including phenoxy) is 1. The van der Waals surface area contributed by atoms with E-state index in [1.807, 2.05) is 24.3 Å². The third kappa shape index (κ3) is 3.57. The maximum absolute atomic E-state index is 6.00. The van der Waals surface area contributed by atoms with Crippen LogP contribution in [0.4, 0.5) is 0 Å². The van der Waals surface area contributed by atoms with Crippen molar-refractivity contribution in [3.8, 4) is 5.75 Å². The summed E-state index contributed by atoms with van der Waals surface area (Å²) in [4.78, 5) is 0. The molecule has 0 spiro atoms. The van der Waals surface area contributed by atoms with Crippen molar-refractivity contribution in [2.24, 2.45) is 11.7 Å². The number of rotatable bonds is 4. The third-order valence-electron chi connectivity index (χ3n) is 2.95. The van der Waals surface area contributed by atoms with Crippen LogP contribution < -0.4 is 15.8 Å². The molecule has 1 aromatic rings. The van der Waals surface area contributed by atoms with Crippen molar-refractivity contribution in [3.63, 3.8) is 0 Å². The molecular formula is C14H19ClN2O. The predicted molar refractivity (Wildman–Crippen MR) is 74.5 cm³/mol. The molecule has 1 aliphatic heterocycles. The van der Waals surface area contributed by atoms with Crippen LogP contribution >= 0.6 is 11.6 Å². The quantitative estimate of drug-likeness (QED) is 0.881. The molecule has 0 fully saturated rings. The monoisotopic (exact) mass is 266 g/mol. The SMILES string of the molecule is CC(C)(CC1C=C(N)NC1)Oc1ccc(Cl)cc1. The Morgan fingerprint density at radius 1 is 1.39 bits per heavy atom. The number of nitrogens with one attached hydrogen (secondary N) is 1. The van der Waals surface area contributed by atoms with Gasteiger partial charge in [0.1, 0.15) is 11.4 Å². The van der Waals surface area contributed by atoms with E-state index in [0.717, 1.165) is 29.6 Å². The maximum Gasteiger partial charge on any atom is 0.120 e. The van der Waals surface area contributed by atoms with E-state index in [2.05, 4.69) is 25.2 Å². The maximum atomic E-state index is 6.00. The van der Waals surface area contributed by atoms with E-state index in [0.29, 0.717) is 5.92 Å². The van der Waals surface area contributed by atoms with Gasteiger partial charge in [0, 0.05) is 17.5 Å². The van der Waals surface area contributed by atoms with E-state index < -0.39 is 0 Å². The van der Waals surface area contributed by atoms with Crippen molar-refractivity contribution in [2.75, 3.05) is 6.54 Å². The minimum absolute atomic E-state index is 0.235. The Morgan fingerprint density at radius 2 is 2.06 bits per heavy atom. The normalized spacial score (nSPS) is 19.3. The Morgan fingerprint density at radius 3 is 2.61 bits per heavy atom. The van der Waals surface area contributed by atoms with E-state index >= 15 is 0 Å². The van der Waals surface area contributed by atoms with Crippen molar-refractivity contribution in [1.82, 2.24) is 5.32 Å². The molecule has 0 bridgehead atoms. The van der Waals surface area contributed by atoms with Crippen LogP contribution in [0, 0.1) is 5.92 Å². The van der Waals surface area contributed by atoms with Gasteiger partial charge in [0.25, 0.3) is 0 Å². The van der Waals surface area contributed by atoms with Crippen LogP contribution in [0.5, 0.6) is 5.75 Å². The molecule has 0 aliphatic carbocycles. The van der Waals surface area contributed by atoms with Gasteiger partial charge in [-0.05, 0) is 50.6 Å². The lowest BCUT2D eigenvalue weighted by molar-refractivity contribution is 0.0880. The lowest BCUT2D eigenvalue weighted by atomic mass is 9.94. The molecule has 1 atom stereocenters. The molecule has 1 aliphatic rings. The first kappa shape index (κ1) is 13.1. The number of hydrogen-bond acceptors (Lipinski definition) is 3. The Kier molecular flexibility index (Phi) is 3.71. The molecule has 2 rings (SSSR count). The zero-order valence-electron chi connectivity index (χ0n) is 10.7. The molecule has 3 nitrogen and oxygen atoms in total. The Hall–Kier alpha value is -1.35. The van der Waals surface area contributed by atoms with Crippen LogP contribution in [0.25, 0.3) is 0 Å². The molecule has 1 heterocycles. The van der Waals surface area contributed by atoms with Gasteiger partial charge in [-0.1, -0.05) is 11.6 Å². The average Bonchev–Trinajstić information content (AvgIpc) is 2.66. The molecule has 18 heavy (non-hydrogen) atoms. The zero-order chi connectivity index (χ0) is 13.2. The summed E-state index contributed by atoms with van der Waals surface area (Å²) in [5, 5.41) is 3.85. The zero-order valence-corrected chi connectivity index (χ0v) is 11.5. The number of hydrogen-bond donors (Lipinski definition) is 2. The highest BCUT2D eigenvalue weighted by Gasteiger charge is 2.26. The van der Waals surface area contributed by atoms with Gasteiger partial charge < -0.3 is 15.8 Å². The fraction of sp³-hybridized carbons (Fsp3) is 0.429. The summed E-state index contributed by atoms with van der Waals surface area (Å²) in [6.07, 6.45) is 2.98. The highest BCUT2D eigenvalue weighted by atomic mass is 35.5. The molecule has 0 amide bonds. The van der Waals surface area contributed by atoms with Crippen LogP contribution in [-0.4, -0.2) is 12.1 Å². The van der Waals surface area contributed by atoms with Crippen molar-refractivity contribution in [1.29, 1.82) is 0 Å². The van der Waals surface area contributed by atoms with Crippen molar-refractivity contribution in [2.45, 2.75) is 25.9 Å². The molecule has 4 heteroatoms. The molecule has 0 aromatic heterocycles. The minimum Gasteiger partial charge on any atom is -0.488 e. The fourth-order valence-corrected chi connectivity index (χ4v) is 2.37. The molecule has 98 valence electrons. The van der Waals surface area contributed by atoms with Crippen LogP contribution in [0.3, 0.4) is 0 Å². The first-order valence-corrected chi connectivity index (χ1v) is 6.48. The second-order valence-electron chi connectivity index (χ2n) is 5.28. The van der Waals surface area contributed by atoms with E-state index in [1.165, 1.54) is 0 Å². The van der Waals surface area contributed by atoms with E-state index in [-0.39, 0.29) is 5.60 Å². The molecule has 3 N–H and O–H groups in total. The Balaban J connectivity index is 1.96. The van der Waals surface area contributed by atoms with Crippen LogP contribution in [-0.2, 0) is 0 Å². The van der Waals surface area contributed by atoms with Crippen LogP contribution in [0.1, 0.15) is 20.3 Å². The van der Waals surface area contributed by atoms with Gasteiger partial charge in [-0.25, -0.2) is 0 Å². The topological polar surface area (TPSA) is 47.3 Å². The van der Waals surface area contributed by atoms with E-state index in [4.69, 9.17) is 22.1 Å². The summed E-state index contributed by atoms with van der Waals surface area (Å²) in [7, 11) is 0. The van der Waals surface area contributed by atoms with E-state index in [1.54, 1.807) is 0 Å². The molecule has 0 saturated heterocycles. The summed E-state index contributed by atoms with van der Waals surface area (Å²) in [5.74, 6) is 2.03. The van der Waals surface area contributed by atoms with Gasteiger partial charge >= 0.3 is 0 Å². The first-order valence-electron chi connectivity index (χ1n) is 6.10. The third-order valence-corrected chi connectivity index (χ3v) is 3.20. The second kappa shape index (κ2) is 5.11. The van der Waals surface area contributed by atoms with E-state index in [9.17, 15) is 0 Å². The number of benzene rings is 1. The van der Waals surface area contributed by atoms with Gasteiger partial charge in [-0.15, -0.1) is 0 Å². The molecule has 1 unspecified atom stereocenters. The summed E-state index contributed by atoms with van der Waals surface area (Å²) in [6.45, 7) is 5.06.